The number of rotatable bonds is 14. The van der Waals surface area contributed by atoms with Crippen LogP contribution in [0.2, 0.25) is 0 Å². The van der Waals surface area contributed by atoms with Crippen LogP contribution in [-0.2, 0) is 28.7 Å². The zero-order valence-electron chi connectivity index (χ0n) is 24.4. The third kappa shape index (κ3) is 9.64. The maximum absolute atomic E-state index is 13.2. The van der Waals surface area contributed by atoms with Gasteiger partial charge in [0.15, 0.2) is 0 Å². The Morgan fingerprint density at radius 2 is 1.63 bits per heavy atom. The fraction of sp³-hybridized carbons (Fsp3) is 0.741. The van der Waals surface area contributed by atoms with Gasteiger partial charge in [0, 0.05) is 27.1 Å². The van der Waals surface area contributed by atoms with Crippen LogP contribution in [0.3, 0.4) is 0 Å². The van der Waals surface area contributed by atoms with Gasteiger partial charge in [0.05, 0.1) is 19.2 Å². The summed E-state index contributed by atoms with van der Waals surface area (Å²) in [6.45, 7) is 11.0. The summed E-state index contributed by atoms with van der Waals surface area (Å²) >= 11 is 0. The smallest absolute Gasteiger partial charge is 0.245 e. The Morgan fingerprint density at radius 1 is 1.00 bits per heavy atom. The SMILES string of the molecule is CC[C@H](NC(=O)CC1OC=C[C@H]1C)C(=O)N(C)CC(=O)N(C)[C@@H](CC(C)C)C(=O)N[C@H](C(=O)NC)C(C)C. The van der Waals surface area contributed by atoms with Crippen LogP contribution in [0.5, 0.6) is 0 Å². The summed E-state index contributed by atoms with van der Waals surface area (Å²) in [5, 5.41) is 8.08. The van der Waals surface area contributed by atoms with Gasteiger partial charge in [-0.1, -0.05) is 41.5 Å². The van der Waals surface area contributed by atoms with Crippen LogP contribution in [-0.4, -0.2) is 91.3 Å². The molecule has 0 radical (unpaired) electrons. The molecule has 38 heavy (non-hydrogen) atoms. The minimum atomic E-state index is -0.819. The third-order valence-corrected chi connectivity index (χ3v) is 6.75. The highest BCUT2D eigenvalue weighted by molar-refractivity contribution is 5.94. The summed E-state index contributed by atoms with van der Waals surface area (Å²) in [5.74, 6) is -1.81. The molecule has 1 rings (SSSR count). The Labute approximate surface area is 227 Å². The normalized spacial score (nSPS) is 18.8. The van der Waals surface area contributed by atoms with E-state index in [0.717, 1.165) is 0 Å². The number of carbonyl (C=O) groups is 5. The highest BCUT2D eigenvalue weighted by Gasteiger charge is 2.33. The standard InChI is InChI=1S/C27H47N5O6/c1-10-19(29-22(33)14-21-18(6)11-12-38-21)27(37)31(8)15-23(34)32(9)20(13-16(2)3)25(35)30-24(17(4)5)26(36)28-7/h11-12,16-21,24H,10,13-15H2,1-9H3,(H,28,36)(H,29,33)(H,30,35)/t18-,19+,20+,21?,24+/m1/s1. The summed E-state index contributed by atoms with van der Waals surface area (Å²) in [6.07, 6.45) is 4.06. The number of nitrogens with one attached hydrogen (secondary N) is 3. The maximum Gasteiger partial charge on any atom is 0.245 e. The van der Waals surface area contributed by atoms with Crippen molar-refractivity contribution in [3.8, 4) is 0 Å². The first-order chi connectivity index (χ1) is 17.7. The molecule has 0 bridgehead atoms. The molecule has 5 amide bonds. The number of carbonyl (C=O) groups excluding carboxylic acids is 5. The van der Waals surface area contributed by atoms with Gasteiger partial charge in [-0.05, 0) is 30.8 Å². The highest BCUT2D eigenvalue weighted by atomic mass is 16.5. The third-order valence-electron chi connectivity index (χ3n) is 6.75. The summed E-state index contributed by atoms with van der Waals surface area (Å²) in [5.41, 5.74) is 0. The topological polar surface area (TPSA) is 137 Å². The van der Waals surface area contributed by atoms with Crippen molar-refractivity contribution >= 4 is 29.5 Å². The molecule has 0 aliphatic carbocycles. The van der Waals surface area contributed by atoms with E-state index in [4.69, 9.17) is 4.74 Å². The molecule has 0 aromatic rings. The lowest BCUT2D eigenvalue weighted by molar-refractivity contribution is -0.145. The fourth-order valence-corrected chi connectivity index (χ4v) is 4.19. The van der Waals surface area contributed by atoms with E-state index in [9.17, 15) is 24.0 Å². The minimum Gasteiger partial charge on any atom is -0.497 e. The quantitative estimate of drug-likeness (QED) is 0.303. The second-order valence-electron chi connectivity index (χ2n) is 10.8. The molecule has 11 heteroatoms. The van der Waals surface area contributed by atoms with E-state index < -0.39 is 35.8 Å². The van der Waals surface area contributed by atoms with Gasteiger partial charge in [0.2, 0.25) is 29.5 Å². The molecule has 0 spiro atoms. The van der Waals surface area contributed by atoms with Crippen molar-refractivity contribution in [1.82, 2.24) is 25.8 Å². The predicted molar refractivity (Wildman–Crippen MR) is 145 cm³/mol. The van der Waals surface area contributed by atoms with Gasteiger partial charge in [-0.2, -0.15) is 0 Å². The van der Waals surface area contributed by atoms with Crippen molar-refractivity contribution in [3.05, 3.63) is 12.3 Å². The predicted octanol–water partition coefficient (Wildman–Crippen LogP) is 1.04. The zero-order valence-corrected chi connectivity index (χ0v) is 24.4. The number of hydrogen-bond acceptors (Lipinski definition) is 6. The van der Waals surface area contributed by atoms with E-state index in [2.05, 4.69) is 16.0 Å². The number of amides is 5. The van der Waals surface area contributed by atoms with E-state index >= 15 is 0 Å². The average Bonchev–Trinajstić information content (AvgIpc) is 3.26. The second kappa shape index (κ2) is 15.3. The monoisotopic (exact) mass is 537 g/mol. The molecule has 1 aliphatic heterocycles. The molecule has 5 atom stereocenters. The molecular weight excluding hydrogens is 490 g/mol. The van der Waals surface area contributed by atoms with Crippen LogP contribution in [0.25, 0.3) is 0 Å². The molecule has 0 saturated carbocycles. The summed E-state index contributed by atoms with van der Waals surface area (Å²) in [6, 6.07) is -2.35. The van der Waals surface area contributed by atoms with Crippen LogP contribution in [0.15, 0.2) is 12.3 Å². The van der Waals surface area contributed by atoms with Gasteiger partial charge >= 0.3 is 0 Å². The van der Waals surface area contributed by atoms with Crippen LogP contribution < -0.4 is 16.0 Å². The Morgan fingerprint density at radius 3 is 2.11 bits per heavy atom. The lowest BCUT2D eigenvalue weighted by Crippen LogP contribution is -2.57. The first kappa shape index (κ1) is 32.9. The zero-order chi connectivity index (χ0) is 29.2. The molecule has 0 saturated heterocycles. The number of ether oxygens (including phenoxy) is 1. The van der Waals surface area contributed by atoms with Gasteiger partial charge in [-0.15, -0.1) is 0 Å². The molecule has 0 fully saturated rings. The van der Waals surface area contributed by atoms with Crippen LogP contribution in [0.4, 0.5) is 0 Å². The molecule has 0 aromatic carbocycles. The first-order valence-corrected chi connectivity index (χ1v) is 13.4. The van der Waals surface area contributed by atoms with Crippen molar-refractivity contribution in [2.75, 3.05) is 27.7 Å². The minimum absolute atomic E-state index is 0.0966. The molecule has 11 nitrogen and oxygen atoms in total. The van der Waals surface area contributed by atoms with E-state index in [1.54, 1.807) is 13.2 Å². The molecule has 216 valence electrons. The largest absolute Gasteiger partial charge is 0.497 e. The van der Waals surface area contributed by atoms with Crippen molar-refractivity contribution in [2.45, 2.75) is 85.0 Å². The Kier molecular flexibility index (Phi) is 13.3. The fourth-order valence-electron chi connectivity index (χ4n) is 4.19. The second-order valence-corrected chi connectivity index (χ2v) is 10.8. The first-order valence-electron chi connectivity index (χ1n) is 13.4. The Balaban J connectivity index is 2.85. The molecule has 1 unspecified atom stereocenters. The maximum atomic E-state index is 13.2. The van der Waals surface area contributed by atoms with Crippen LogP contribution >= 0.6 is 0 Å². The Bertz CT molecular complexity index is 874. The van der Waals surface area contributed by atoms with E-state index in [0.29, 0.717) is 12.8 Å². The van der Waals surface area contributed by atoms with E-state index in [1.165, 1.54) is 30.9 Å². The lowest BCUT2D eigenvalue weighted by atomic mass is 9.99. The molecule has 1 aliphatic rings. The summed E-state index contributed by atoms with van der Waals surface area (Å²) in [4.78, 5) is 66.7. The van der Waals surface area contributed by atoms with Gasteiger partial charge in [0.25, 0.3) is 0 Å². The van der Waals surface area contributed by atoms with Crippen molar-refractivity contribution < 1.29 is 28.7 Å². The average molecular weight is 538 g/mol. The molecule has 3 N–H and O–H groups in total. The number of nitrogens with zero attached hydrogens (tertiary/aromatic N) is 2. The highest BCUT2D eigenvalue weighted by Crippen LogP contribution is 2.20. The van der Waals surface area contributed by atoms with Crippen molar-refractivity contribution in [2.24, 2.45) is 17.8 Å². The van der Waals surface area contributed by atoms with Gasteiger partial charge in [0.1, 0.15) is 24.2 Å². The number of hydrogen-bond donors (Lipinski definition) is 3. The van der Waals surface area contributed by atoms with Crippen molar-refractivity contribution in [1.29, 1.82) is 0 Å². The van der Waals surface area contributed by atoms with Crippen molar-refractivity contribution in [3.63, 3.8) is 0 Å². The lowest BCUT2D eigenvalue weighted by Gasteiger charge is -2.32. The molecule has 1 heterocycles. The summed E-state index contributed by atoms with van der Waals surface area (Å²) < 4.78 is 5.42. The Hall–Kier alpha value is -3.11. The van der Waals surface area contributed by atoms with Crippen LogP contribution in [0.1, 0.15) is 60.8 Å². The molecular formula is C27H47N5O6. The van der Waals surface area contributed by atoms with Gasteiger partial charge in [-0.3, -0.25) is 24.0 Å². The molecule has 0 aromatic heterocycles. The van der Waals surface area contributed by atoms with Gasteiger partial charge < -0.3 is 30.5 Å². The van der Waals surface area contributed by atoms with E-state index in [1.807, 2.05) is 40.7 Å². The van der Waals surface area contributed by atoms with Crippen LogP contribution in [0, 0.1) is 17.8 Å². The van der Waals surface area contributed by atoms with Gasteiger partial charge in [-0.25, -0.2) is 0 Å². The summed E-state index contributed by atoms with van der Waals surface area (Å²) in [7, 11) is 4.52. The van der Waals surface area contributed by atoms with E-state index in [-0.39, 0.29) is 48.6 Å². The number of likely N-dealkylation sites (N-methyl/N-ethyl adjacent to an activating group) is 3.